The number of aryl methyl sites for hydroxylation is 1. The summed E-state index contributed by atoms with van der Waals surface area (Å²) >= 11 is 1.51. The summed E-state index contributed by atoms with van der Waals surface area (Å²) in [7, 11) is 0. The standard InChI is InChI=1S/C11H17NO2S/c1-7(2)10(13)4-12-11(14)9-6-15-5-8(9)3/h5-7,10,13H,4H2,1-3H3,(H,12,14)/t10-/m0/s1. The number of aliphatic hydroxyl groups excluding tert-OH is 1. The summed E-state index contributed by atoms with van der Waals surface area (Å²) in [5.74, 6) is 0.0577. The Hall–Kier alpha value is -0.870. The van der Waals surface area contributed by atoms with Gasteiger partial charge in [-0.2, -0.15) is 11.3 Å². The van der Waals surface area contributed by atoms with E-state index < -0.39 is 6.10 Å². The third kappa shape index (κ3) is 3.32. The van der Waals surface area contributed by atoms with Crippen molar-refractivity contribution in [2.45, 2.75) is 26.9 Å². The molecule has 1 atom stereocenters. The summed E-state index contributed by atoms with van der Waals surface area (Å²) in [6.07, 6.45) is -0.479. The van der Waals surface area contributed by atoms with Crippen molar-refractivity contribution in [1.82, 2.24) is 5.32 Å². The second-order valence-electron chi connectivity index (χ2n) is 3.99. The normalized spacial score (nSPS) is 12.9. The molecule has 1 aromatic heterocycles. The van der Waals surface area contributed by atoms with Crippen LogP contribution < -0.4 is 5.32 Å². The summed E-state index contributed by atoms with van der Waals surface area (Å²) in [4.78, 5) is 11.6. The summed E-state index contributed by atoms with van der Waals surface area (Å²) in [5.41, 5.74) is 1.69. The first-order valence-electron chi connectivity index (χ1n) is 5.01. The molecule has 84 valence electrons. The van der Waals surface area contributed by atoms with Gasteiger partial charge in [0.15, 0.2) is 0 Å². The van der Waals surface area contributed by atoms with E-state index in [0.29, 0.717) is 12.1 Å². The number of hydrogen-bond acceptors (Lipinski definition) is 3. The van der Waals surface area contributed by atoms with Crippen LogP contribution in [0.4, 0.5) is 0 Å². The molecule has 0 radical (unpaired) electrons. The van der Waals surface area contributed by atoms with E-state index in [9.17, 15) is 9.90 Å². The van der Waals surface area contributed by atoms with Gasteiger partial charge < -0.3 is 10.4 Å². The molecule has 1 aromatic rings. The third-order valence-electron chi connectivity index (χ3n) is 2.34. The van der Waals surface area contributed by atoms with Crippen molar-refractivity contribution in [3.05, 3.63) is 21.9 Å². The predicted octanol–water partition coefficient (Wildman–Crippen LogP) is 1.80. The van der Waals surface area contributed by atoms with E-state index in [1.807, 2.05) is 31.5 Å². The fourth-order valence-corrected chi connectivity index (χ4v) is 1.95. The van der Waals surface area contributed by atoms with Crippen LogP contribution in [0.15, 0.2) is 10.8 Å². The van der Waals surface area contributed by atoms with Gasteiger partial charge in [-0.3, -0.25) is 4.79 Å². The largest absolute Gasteiger partial charge is 0.391 e. The number of hydrogen-bond donors (Lipinski definition) is 2. The van der Waals surface area contributed by atoms with Gasteiger partial charge >= 0.3 is 0 Å². The molecule has 1 rings (SSSR count). The van der Waals surface area contributed by atoms with Gasteiger partial charge in [0.1, 0.15) is 0 Å². The van der Waals surface area contributed by atoms with E-state index in [1.54, 1.807) is 0 Å². The summed E-state index contributed by atoms with van der Waals surface area (Å²) < 4.78 is 0. The van der Waals surface area contributed by atoms with Crippen molar-refractivity contribution >= 4 is 17.2 Å². The molecule has 2 N–H and O–H groups in total. The van der Waals surface area contributed by atoms with Crippen molar-refractivity contribution < 1.29 is 9.90 Å². The van der Waals surface area contributed by atoms with Gasteiger partial charge in [0.2, 0.25) is 0 Å². The zero-order chi connectivity index (χ0) is 11.4. The van der Waals surface area contributed by atoms with E-state index in [1.165, 1.54) is 11.3 Å². The Balaban J connectivity index is 2.47. The molecule has 3 nitrogen and oxygen atoms in total. The first-order chi connectivity index (χ1) is 7.02. The quantitative estimate of drug-likeness (QED) is 0.824. The number of aliphatic hydroxyl groups is 1. The molecule has 0 aliphatic heterocycles. The molecular weight excluding hydrogens is 210 g/mol. The molecule has 0 aromatic carbocycles. The average molecular weight is 227 g/mol. The molecule has 0 bridgehead atoms. The maximum atomic E-state index is 11.6. The van der Waals surface area contributed by atoms with Crippen molar-refractivity contribution in [2.75, 3.05) is 6.54 Å². The van der Waals surface area contributed by atoms with Crippen LogP contribution in [-0.4, -0.2) is 23.7 Å². The highest BCUT2D eigenvalue weighted by Gasteiger charge is 2.13. The molecule has 0 unspecified atom stereocenters. The fraction of sp³-hybridized carbons (Fsp3) is 0.545. The number of nitrogens with one attached hydrogen (secondary N) is 1. The van der Waals surface area contributed by atoms with Crippen molar-refractivity contribution in [3.63, 3.8) is 0 Å². The Morgan fingerprint density at radius 1 is 1.53 bits per heavy atom. The van der Waals surface area contributed by atoms with E-state index in [4.69, 9.17) is 0 Å². The third-order valence-corrected chi connectivity index (χ3v) is 3.20. The van der Waals surface area contributed by atoms with E-state index in [-0.39, 0.29) is 11.8 Å². The maximum Gasteiger partial charge on any atom is 0.252 e. The van der Waals surface area contributed by atoms with Crippen LogP contribution in [-0.2, 0) is 0 Å². The van der Waals surface area contributed by atoms with Gasteiger partial charge in [0.05, 0.1) is 11.7 Å². The lowest BCUT2D eigenvalue weighted by atomic mass is 10.1. The lowest BCUT2D eigenvalue weighted by Crippen LogP contribution is -2.34. The Morgan fingerprint density at radius 2 is 2.20 bits per heavy atom. The van der Waals surface area contributed by atoms with Gasteiger partial charge in [0.25, 0.3) is 5.91 Å². The topological polar surface area (TPSA) is 49.3 Å². The van der Waals surface area contributed by atoms with E-state index in [0.717, 1.165) is 5.56 Å². The van der Waals surface area contributed by atoms with E-state index >= 15 is 0 Å². The molecule has 15 heavy (non-hydrogen) atoms. The molecule has 1 heterocycles. The average Bonchev–Trinajstić information content (AvgIpc) is 2.60. The zero-order valence-electron chi connectivity index (χ0n) is 9.28. The summed E-state index contributed by atoms with van der Waals surface area (Å²) in [5, 5.41) is 16.0. The molecule has 0 spiro atoms. The highest BCUT2D eigenvalue weighted by atomic mass is 32.1. The minimum Gasteiger partial charge on any atom is -0.391 e. The van der Waals surface area contributed by atoms with Crippen LogP contribution in [0, 0.1) is 12.8 Å². The monoisotopic (exact) mass is 227 g/mol. The van der Waals surface area contributed by atoms with Gasteiger partial charge in [-0.15, -0.1) is 0 Å². The zero-order valence-corrected chi connectivity index (χ0v) is 10.1. The van der Waals surface area contributed by atoms with Crippen molar-refractivity contribution in [1.29, 1.82) is 0 Å². The number of carbonyl (C=O) groups excluding carboxylic acids is 1. The second-order valence-corrected chi connectivity index (χ2v) is 4.73. The Labute approximate surface area is 94.1 Å². The first-order valence-corrected chi connectivity index (χ1v) is 5.95. The Kier molecular flexibility index (Phi) is 4.29. The maximum absolute atomic E-state index is 11.6. The lowest BCUT2D eigenvalue weighted by molar-refractivity contribution is 0.0871. The number of amides is 1. The van der Waals surface area contributed by atoms with Crippen molar-refractivity contribution in [2.24, 2.45) is 5.92 Å². The molecule has 0 aliphatic rings. The Morgan fingerprint density at radius 3 is 2.67 bits per heavy atom. The van der Waals surface area contributed by atoms with Crippen LogP contribution in [0.25, 0.3) is 0 Å². The predicted molar refractivity (Wildman–Crippen MR) is 62.2 cm³/mol. The highest BCUT2D eigenvalue weighted by Crippen LogP contribution is 2.13. The lowest BCUT2D eigenvalue weighted by Gasteiger charge is -2.14. The molecule has 0 saturated heterocycles. The highest BCUT2D eigenvalue weighted by molar-refractivity contribution is 7.08. The van der Waals surface area contributed by atoms with Gasteiger partial charge in [-0.1, -0.05) is 13.8 Å². The van der Waals surface area contributed by atoms with Crippen LogP contribution in [0.1, 0.15) is 29.8 Å². The molecule has 0 aliphatic carbocycles. The smallest absolute Gasteiger partial charge is 0.252 e. The van der Waals surface area contributed by atoms with Crippen LogP contribution in [0.2, 0.25) is 0 Å². The summed E-state index contributed by atoms with van der Waals surface area (Å²) in [6.45, 7) is 6.06. The second kappa shape index (κ2) is 5.28. The van der Waals surface area contributed by atoms with Crippen LogP contribution >= 0.6 is 11.3 Å². The van der Waals surface area contributed by atoms with E-state index in [2.05, 4.69) is 5.32 Å². The van der Waals surface area contributed by atoms with Gasteiger partial charge in [-0.25, -0.2) is 0 Å². The van der Waals surface area contributed by atoms with Crippen LogP contribution in [0.3, 0.4) is 0 Å². The summed E-state index contributed by atoms with van der Waals surface area (Å²) in [6, 6.07) is 0. The van der Waals surface area contributed by atoms with Gasteiger partial charge in [0, 0.05) is 11.9 Å². The SMILES string of the molecule is Cc1cscc1C(=O)NC[C@H](O)C(C)C. The molecule has 4 heteroatoms. The van der Waals surface area contributed by atoms with Crippen molar-refractivity contribution in [3.8, 4) is 0 Å². The molecule has 0 fully saturated rings. The number of thiophene rings is 1. The fourth-order valence-electron chi connectivity index (χ4n) is 1.12. The van der Waals surface area contributed by atoms with Gasteiger partial charge in [-0.05, 0) is 23.8 Å². The molecule has 0 saturated carbocycles. The van der Waals surface area contributed by atoms with Crippen LogP contribution in [0.5, 0.6) is 0 Å². The molecular formula is C11H17NO2S. The number of rotatable bonds is 4. The number of carbonyl (C=O) groups is 1. The molecule has 1 amide bonds. The minimum atomic E-state index is -0.479. The first kappa shape index (κ1) is 12.2. The minimum absolute atomic E-state index is 0.103. The Bertz CT molecular complexity index is 333.